The first-order valence-electron chi connectivity index (χ1n) is 7.21. The van der Waals surface area contributed by atoms with Crippen LogP contribution in [0.3, 0.4) is 0 Å². The lowest BCUT2D eigenvalue weighted by Crippen LogP contribution is -2.17. The molecular weight excluding hydrogens is 256 g/mol. The minimum Gasteiger partial charge on any atom is -0.370 e. The topological polar surface area (TPSA) is 27.0 Å². The molecule has 108 valence electrons. The molecule has 0 aromatic heterocycles. The van der Waals surface area contributed by atoms with Crippen LogP contribution in [0, 0.1) is 11.3 Å². The Morgan fingerprint density at radius 1 is 1.05 bits per heavy atom. The number of benzene rings is 2. The van der Waals surface area contributed by atoms with E-state index in [0.717, 1.165) is 12.2 Å². The van der Waals surface area contributed by atoms with Gasteiger partial charge in [-0.25, -0.2) is 0 Å². The third-order valence-corrected chi connectivity index (χ3v) is 3.66. The van der Waals surface area contributed by atoms with E-state index in [-0.39, 0.29) is 5.41 Å². The van der Waals surface area contributed by atoms with Crippen molar-refractivity contribution in [3.8, 4) is 6.07 Å². The van der Waals surface area contributed by atoms with Gasteiger partial charge in [-0.05, 0) is 34.7 Å². The average Bonchev–Trinajstić information content (AvgIpc) is 2.47. The summed E-state index contributed by atoms with van der Waals surface area (Å²) >= 11 is 0. The zero-order chi connectivity index (χ0) is 15.5. The summed E-state index contributed by atoms with van der Waals surface area (Å²) in [6.07, 6.45) is 0. The number of rotatable bonds is 3. The maximum Gasteiger partial charge on any atom is 0.0992 e. The number of hydrogen-bond acceptors (Lipinski definition) is 2. The molecule has 2 aromatic carbocycles. The molecule has 0 spiro atoms. The molecule has 0 heterocycles. The minimum absolute atomic E-state index is 0.186. The second kappa shape index (κ2) is 6.01. The molecule has 0 saturated carbocycles. The monoisotopic (exact) mass is 278 g/mol. The predicted octanol–water partition coefficient (Wildman–Crippen LogP) is 4.49. The summed E-state index contributed by atoms with van der Waals surface area (Å²) in [5.74, 6) is 0. The van der Waals surface area contributed by atoms with E-state index in [4.69, 9.17) is 5.26 Å². The number of nitrogens with zero attached hydrogens (tertiary/aromatic N) is 2. The third-order valence-electron chi connectivity index (χ3n) is 3.66. The van der Waals surface area contributed by atoms with Crippen molar-refractivity contribution in [1.82, 2.24) is 0 Å². The zero-order valence-corrected chi connectivity index (χ0v) is 13.2. The molecule has 2 nitrogen and oxygen atoms in total. The predicted molar refractivity (Wildman–Crippen MR) is 88.4 cm³/mol. The Hall–Kier alpha value is -2.27. The first-order valence-corrected chi connectivity index (χ1v) is 7.21. The average molecular weight is 278 g/mol. The smallest absolute Gasteiger partial charge is 0.0992 e. The van der Waals surface area contributed by atoms with Crippen LogP contribution in [0.2, 0.25) is 0 Å². The molecule has 2 heteroatoms. The lowest BCUT2D eigenvalue weighted by Gasteiger charge is -2.22. The Labute approximate surface area is 127 Å². The van der Waals surface area contributed by atoms with Crippen LogP contribution in [0.1, 0.15) is 37.5 Å². The van der Waals surface area contributed by atoms with Gasteiger partial charge < -0.3 is 4.90 Å². The Morgan fingerprint density at radius 2 is 1.71 bits per heavy atom. The molecule has 0 atom stereocenters. The van der Waals surface area contributed by atoms with Gasteiger partial charge in [-0.3, -0.25) is 0 Å². The van der Waals surface area contributed by atoms with Crippen LogP contribution in [0.15, 0.2) is 48.5 Å². The highest BCUT2D eigenvalue weighted by atomic mass is 15.1. The molecule has 21 heavy (non-hydrogen) atoms. The second-order valence-electron chi connectivity index (χ2n) is 6.47. The third kappa shape index (κ3) is 3.86. The van der Waals surface area contributed by atoms with Gasteiger partial charge in [-0.2, -0.15) is 5.26 Å². The van der Waals surface area contributed by atoms with Crippen molar-refractivity contribution >= 4 is 5.69 Å². The highest BCUT2D eigenvalue weighted by molar-refractivity contribution is 5.51. The summed E-state index contributed by atoms with van der Waals surface area (Å²) in [5.41, 5.74) is 4.57. The first-order chi connectivity index (χ1) is 9.90. The summed E-state index contributed by atoms with van der Waals surface area (Å²) in [6.45, 7) is 7.50. The van der Waals surface area contributed by atoms with Crippen LogP contribution in [-0.4, -0.2) is 7.05 Å². The van der Waals surface area contributed by atoms with E-state index in [9.17, 15) is 0 Å². The Balaban J connectivity index is 2.12. The van der Waals surface area contributed by atoms with Crippen molar-refractivity contribution in [2.75, 3.05) is 11.9 Å². The molecule has 0 aliphatic heterocycles. The molecule has 0 fully saturated rings. The van der Waals surface area contributed by atoms with Gasteiger partial charge in [-0.1, -0.05) is 51.1 Å². The van der Waals surface area contributed by atoms with Crippen molar-refractivity contribution < 1.29 is 0 Å². The maximum absolute atomic E-state index is 8.97. The SMILES string of the molecule is CN(Cc1ccc(C(C)(C)C)cc1)c1cccc(C#N)c1. The molecule has 2 aromatic rings. The summed E-state index contributed by atoms with van der Waals surface area (Å²) in [5, 5.41) is 8.97. The van der Waals surface area contributed by atoms with Crippen molar-refractivity contribution in [3.05, 3.63) is 65.2 Å². The molecule has 0 amide bonds. The molecular formula is C19H22N2. The second-order valence-corrected chi connectivity index (χ2v) is 6.47. The molecule has 0 N–H and O–H groups in total. The molecule has 0 saturated heterocycles. The Bertz CT molecular complexity index is 643. The van der Waals surface area contributed by atoms with Crippen LogP contribution in [-0.2, 0) is 12.0 Å². The van der Waals surface area contributed by atoms with Crippen molar-refractivity contribution in [2.45, 2.75) is 32.7 Å². The van der Waals surface area contributed by atoms with Gasteiger partial charge >= 0.3 is 0 Å². The summed E-state index contributed by atoms with van der Waals surface area (Å²) in [6, 6.07) is 18.7. The van der Waals surface area contributed by atoms with Crippen LogP contribution >= 0.6 is 0 Å². The van der Waals surface area contributed by atoms with E-state index in [1.807, 2.05) is 31.3 Å². The summed E-state index contributed by atoms with van der Waals surface area (Å²) in [7, 11) is 2.05. The zero-order valence-electron chi connectivity index (χ0n) is 13.2. The van der Waals surface area contributed by atoms with Gasteiger partial charge in [0.05, 0.1) is 11.6 Å². The normalized spacial score (nSPS) is 11.0. The molecule has 0 aliphatic carbocycles. The molecule has 0 aliphatic rings. The maximum atomic E-state index is 8.97. The van der Waals surface area contributed by atoms with Crippen LogP contribution in [0.5, 0.6) is 0 Å². The van der Waals surface area contributed by atoms with E-state index < -0.39 is 0 Å². The van der Waals surface area contributed by atoms with Crippen molar-refractivity contribution in [2.24, 2.45) is 0 Å². The number of nitriles is 1. The molecule has 0 unspecified atom stereocenters. The van der Waals surface area contributed by atoms with Crippen LogP contribution in [0.25, 0.3) is 0 Å². The summed E-state index contributed by atoms with van der Waals surface area (Å²) < 4.78 is 0. The van der Waals surface area contributed by atoms with E-state index in [1.165, 1.54) is 11.1 Å². The molecule has 0 radical (unpaired) electrons. The van der Waals surface area contributed by atoms with Gasteiger partial charge in [0, 0.05) is 19.3 Å². The largest absolute Gasteiger partial charge is 0.370 e. The van der Waals surface area contributed by atoms with Gasteiger partial charge in [-0.15, -0.1) is 0 Å². The van der Waals surface area contributed by atoms with Crippen LogP contribution in [0.4, 0.5) is 5.69 Å². The molecule has 0 bridgehead atoms. The highest BCUT2D eigenvalue weighted by Gasteiger charge is 2.13. The quantitative estimate of drug-likeness (QED) is 0.827. The number of anilines is 1. The van der Waals surface area contributed by atoms with Gasteiger partial charge in [0.2, 0.25) is 0 Å². The summed E-state index contributed by atoms with van der Waals surface area (Å²) in [4.78, 5) is 2.16. The lowest BCUT2D eigenvalue weighted by atomic mass is 9.87. The van der Waals surface area contributed by atoms with Crippen molar-refractivity contribution in [1.29, 1.82) is 5.26 Å². The lowest BCUT2D eigenvalue weighted by molar-refractivity contribution is 0.590. The highest BCUT2D eigenvalue weighted by Crippen LogP contribution is 2.23. The standard InChI is InChI=1S/C19H22N2/c1-19(2,3)17-10-8-15(9-11-17)14-21(4)18-7-5-6-16(12-18)13-20/h5-12H,14H2,1-4H3. The van der Waals surface area contributed by atoms with E-state index in [1.54, 1.807) is 0 Å². The fourth-order valence-corrected chi connectivity index (χ4v) is 2.29. The fourth-order valence-electron chi connectivity index (χ4n) is 2.29. The van der Waals surface area contributed by atoms with Crippen LogP contribution < -0.4 is 4.90 Å². The number of hydrogen-bond donors (Lipinski definition) is 0. The van der Waals surface area contributed by atoms with E-state index in [0.29, 0.717) is 5.56 Å². The van der Waals surface area contributed by atoms with E-state index >= 15 is 0 Å². The fraction of sp³-hybridized carbons (Fsp3) is 0.316. The van der Waals surface area contributed by atoms with Gasteiger partial charge in [0.1, 0.15) is 0 Å². The Morgan fingerprint density at radius 3 is 2.29 bits per heavy atom. The molecule has 2 rings (SSSR count). The van der Waals surface area contributed by atoms with Gasteiger partial charge in [0.25, 0.3) is 0 Å². The minimum atomic E-state index is 0.186. The van der Waals surface area contributed by atoms with E-state index in [2.05, 4.69) is 56.0 Å². The first kappa shape index (κ1) is 15.1. The van der Waals surface area contributed by atoms with Gasteiger partial charge in [0.15, 0.2) is 0 Å². The Kier molecular flexibility index (Phi) is 4.33. The van der Waals surface area contributed by atoms with Crippen molar-refractivity contribution in [3.63, 3.8) is 0 Å².